The average Bonchev–Trinajstić information content (AvgIpc) is 3.02. The Bertz CT molecular complexity index is 833. The first-order valence-corrected chi connectivity index (χ1v) is 8.96. The number of nitrogens with one attached hydrogen (secondary N) is 1. The van der Waals surface area contributed by atoms with E-state index in [-0.39, 0.29) is 32.1 Å². The van der Waals surface area contributed by atoms with Gasteiger partial charge in [-0.05, 0) is 22.3 Å². The largest absolute Gasteiger partial charge is 0.480 e. The Hall–Kier alpha value is -3.19. The smallest absolute Gasteiger partial charge is 0.329 e. The van der Waals surface area contributed by atoms with Gasteiger partial charge in [0.05, 0.1) is 6.42 Å². The summed E-state index contributed by atoms with van der Waals surface area (Å²) in [5, 5.41) is 10.8. The standard InChI is InChI=1S/C21H21NO6/c23-19(22-13-27-12-20(24)25)9-10-21(26)28-11-18-16-7-3-1-5-14(16)15-6-2-4-8-17(15)18/h1-8,18H,9-13H2,(H,22,23)(H,24,25). The predicted octanol–water partition coefficient (Wildman–Crippen LogP) is 2.30. The third kappa shape index (κ3) is 4.75. The van der Waals surface area contributed by atoms with Crippen LogP contribution in [0.2, 0.25) is 0 Å². The van der Waals surface area contributed by atoms with Crippen LogP contribution in [0.1, 0.15) is 29.9 Å². The predicted molar refractivity (Wildman–Crippen MR) is 101 cm³/mol. The number of ether oxygens (including phenoxy) is 2. The van der Waals surface area contributed by atoms with Crippen molar-refractivity contribution in [2.75, 3.05) is 19.9 Å². The lowest BCUT2D eigenvalue weighted by Gasteiger charge is -2.14. The molecule has 0 saturated carbocycles. The molecule has 2 aromatic rings. The van der Waals surface area contributed by atoms with Crippen molar-refractivity contribution in [2.45, 2.75) is 18.8 Å². The molecule has 1 aliphatic carbocycles. The monoisotopic (exact) mass is 383 g/mol. The summed E-state index contributed by atoms with van der Waals surface area (Å²) in [6.45, 7) is -0.487. The Balaban J connectivity index is 1.47. The number of carbonyl (C=O) groups excluding carboxylic acids is 2. The SMILES string of the molecule is O=C(O)COCNC(=O)CCC(=O)OCC1c2ccccc2-c2ccccc21. The average molecular weight is 383 g/mol. The summed E-state index contributed by atoms with van der Waals surface area (Å²) < 4.78 is 10.1. The molecule has 7 heteroatoms. The van der Waals surface area contributed by atoms with Crippen LogP contribution in [0.3, 0.4) is 0 Å². The molecule has 7 nitrogen and oxygen atoms in total. The zero-order chi connectivity index (χ0) is 19.9. The van der Waals surface area contributed by atoms with Crippen LogP contribution in [-0.4, -0.2) is 42.9 Å². The minimum absolute atomic E-state index is 0.0189. The number of carboxylic acid groups (broad SMARTS) is 1. The second-order valence-electron chi connectivity index (χ2n) is 6.40. The summed E-state index contributed by atoms with van der Waals surface area (Å²) in [4.78, 5) is 34.0. The van der Waals surface area contributed by atoms with E-state index >= 15 is 0 Å². The van der Waals surface area contributed by atoms with Gasteiger partial charge in [-0.3, -0.25) is 9.59 Å². The highest BCUT2D eigenvalue weighted by Crippen LogP contribution is 2.44. The molecule has 0 aromatic heterocycles. The maximum absolute atomic E-state index is 12.0. The fraction of sp³-hybridized carbons (Fsp3) is 0.286. The first kappa shape index (κ1) is 19.6. The summed E-state index contributed by atoms with van der Waals surface area (Å²) in [7, 11) is 0. The van der Waals surface area contributed by atoms with Crippen molar-refractivity contribution >= 4 is 17.8 Å². The first-order valence-electron chi connectivity index (χ1n) is 8.96. The van der Waals surface area contributed by atoms with Crippen LogP contribution >= 0.6 is 0 Å². The summed E-state index contributed by atoms with van der Waals surface area (Å²) in [5.74, 6) is -2.00. The van der Waals surface area contributed by atoms with E-state index in [4.69, 9.17) is 14.6 Å². The number of rotatable bonds is 9. The number of esters is 1. The van der Waals surface area contributed by atoms with Crippen LogP contribution < -0.4 is 5.32 Å². The minimum Gasteiger partial charge on any atom is -0.480 e. The van der Waals surface area contributed by atoms with Gasteiger partial charge in [0.15, 0.2) is 0 Å². The van der Waals surface area contributed by atoms with Crippen LogP contribution in [0.4, 0.5) is 0 Å². The summed E-state index contributed by atoms with van der Waals surface area (Å²) in [5.41, 5.74) is 4.56. The normalized spacial score (nSPS) is 12.1. The van der Waals surface area contributed by atoms with Crippen molar-refractivity contribution in [3.63, 3.8) is 0 Å². The Kier molecular flexibility index (Phi) is 6.39. The lowest BCUT2D eigenvalue weighted by Crippen LogP contribution is -2.28. The molecule has 0 atom stereocenters. The summed E-state index contributed by atoms with van der Waals surface area (Å²) in [6.07, 6.45) is -0.103. The second-order valence-corrected chi connectivity index (χ2v) is 6.40. The number of hydrogen-bond donors (Lipinski definition) is 2. The van der Waals surface area contributed by atoms with E-state index in [0.29, 0.717) is 0 Å². The highest BCUT2D eigenvalue weighted by molar-refractivity contribution is 5.82. The van der Waals surface area contributed by atoms with Crippen molar-refractivity contribution in [1.29, 1.82) is 0 Å². The highest BCUT2D eigenvalue weighted by Gasteiger charge is 2.28. The molecule has 2 N–H and O–H groups in total. The zero-order valence-electron chi connectivity index (χ0n) is 15.2. The molecule has 0 spiro atoms. The van der Waals surface area contributed by atoms with Gasteiger partial charge >= 0.3 is 11.9 Å². The molecule has 1 aliphatic rings. The number of carbonyl (C=O) groups is 3. The number of benzene rings is 2. The molecule has 0 unspecified atom stereocenters. The number of carboxylic acids is 1. The van der Waals surface area contributed by atoms with Gasteiger partial charge in [-0.2, -0.15) is 0 Å². The Labute approximate surface area is 162 Å². The van der Waals surface area contributed by atoms with Gasteiger partial charge in [-0.15, -0.1) is 0 Å². The van der Waals surface area contributed by atoms with Crippen LogP contribution in [0.15, 0.2) is 48.5 Å². The van der Waals surface area contributed by atoms with Crippen LogP contribution in [0.5, 0.6) is 0 Å². The third-order valence-electron chi connectivity index (χ3n) is 4.53. The second kappa shape index (κ2) is 9.14. The fourth-order valence-electron chi connectivity index (χ4n) is 3.26. The van der Waals surface area contributed by atoms with E-state index < -0.39 is 24.5 Å². The molecule has 0 fully saturated rings. The van der Waals surface area contributed by atoms with E-state index in [9.17, 15) is 14.4 Å². The van der Waals surface area contributed by atoms with Gasteiger partial charge in [-0.25, -0.2) is 4.79 Å². The van der Waals surface area contributed by atoms with Crippen molar-refractivity contribution < 1.29 is 29.0 Å². The van der Waals surface area contributed by atoms with Crippen LogP contribution in [0, 0.1) is 0 Å². The zero-order valence-corrected chi connectivity index (χ0v) is 15.2. The fourth-order valence-corrected chi connectivity index (χ4v) is 3.26. The Morgan fingerprint density at radius 3 is 2.14 bits per heavy atom. The molecule has 0 bridgehead atoms. The molecule has 0 radical (unpaired) electrons. The number of amides is 1. The van der Waals surface area contributed by atoms with Gasteiger partial charge in [0, 0.05) is 12.3 Å². The van der Waals surface area contributed by atoms with Crippen molar-refractivity contribution in [3.8, 4) is 11.1 Å². The van der Waals surface area contributed by atoms with Gasteiger partial charge in [0.1, 0.15) is 19.9 Å². The molecule has 0 aliphatic heterocycles. The molecular weight excluding hydrogens is 362 g/mol. The van der Waals surface area contributed by atoms with E-state index in [2.05, 4.69) is 17.4 Å². The van der Waals surface area contributed by atoms with E-state index in [1.807, 2.05) is 36.4 Å². The summed E-state index contributed by atoms with van der Waals surface area (Å²) >= 11 is 0. The van der Waals surface area contributed by atoms with Gasteiger partial charge in [0.2, 0.25) is 5.91 Å². The number of hydrogen-bond acceptors (Lipinski definition) is 5. The van der Waals surface area contributed by atoms with Gasteiger partial charge in [-0.1, -0.05) is 48.5 Å². The molecule has 146 valence electrons. The topological polar surface area (TPSA) is 102 Å². The van der Waals surface area contributed by atoms with E-state index in [1.54, 1.807) is 0 Å². The molecule has 0 saturated heterocycles. The van der Waals surface area contributed by atoms with Gasteiger partial charge < -0.3 is 19.9 Å². The quantitative estimate of drug-likeness (QED) is 0.391. The first-order chi connectivity index (χ1) is 13.6. The Morgan fingerprint density at radius 2 is 1.54 bits per heavy atom. The number of fused-ring (bicyclic) bond motifs is 3. The lowest BCUT2D eigenvalue weighted by atomic mass is 9.98. The number of aliphatic carboxylic acids is 1. The van der Waals surface area contributed by atoms with Crippen molar-refractivity contribution in [1.82, 2.24) is 5.32 Å². The molecular formula is C21H21NO6. The molecule has 0 heterocycles. The Morgan fingerprint density at radius 1 is 0.929 bits per heavy atom. The maximum Gasteiger partial charge on any atom is 0.329 e. The molecule has 28 heavy (non-hydrogen) atoms. The molecule has 3 rings (SSSR count). The third-order valence-corrected chi connectivity index (χ3v) is 4.53. The summed E-state index contributed by atoms with van der Waals surface area (Å²) in [6, 6.07) is 16.1. The highest BCUT2D eigenvalue weighted by atomic mass is 16.5. The van der Waals surface area contributed by atoms with E-state index in [1.165, 1.54) is 0 Å². The van der Waals surface area contributed by atoms with Crippen LogP contribution in [0.25, 0.3) is 11.1 Å². The maximum atomic E-state index is 12.0. The minimum atomic E-state index is -1.12. The van der Waals surface area contributed by atoms with Crippen molar-refractivity contribution in [3.05, 3.63) is 59.7 Å². The lowest BCUT2D eigenvalue weighted by molar-refractivity contribution is -0.145. The molecule has 1 amide bonds. The van der Waals surface area contributed by atoms with E-state index in [0.717, 1.165) is 22.3 Å². The van der Waals surface area contributed by atoms with Crippen molar-refractivity contribution in [2.24, 2.45) is 0 Å². The van der Waals surface area contributed by atoms with Crippen LogP contribution in [-0.2, 0) is 23.9 Å². The van der Waals surface area contributed by atoms with Gasteiger partial charge in [0.25, 0.3) is 0 Å². The molecule has 2 aromatic carbocycles.